The fraction of sp³-hybridized carbons (Fsp3) is 0.556. The summed E-state index contributed by atoms with van der Waals surface area (Å²) in [6, 6.07) is 4.44. The van der Waals surface area contributed by atoms with Crippen LogP contribution in [0.2, 0.25) is 0 Å². The third kappa shape index (κ3) is 5.09. The Kier molecular flexibility index (Phi) is 6.64. The second kappa shape index (κ2) is 8.71. The molecule has 3 N–H and O–H groups in total. The van der Waals surface area contributed by atoms with E-state index in [1.165, 1.54) is 14.2 Å². The van der Waals surface area contributed by atoms with Crippen LogP contribution < -0.4 is 25.4 Å². The fourth-order valence-corrected chi connectivity index (χ4v) is 2.77. The molecule has 1 saturated heterocycles. The van der Waals surface area contributed by atoms with E-state index in [4.69, 9.17) is 9.47 Å². The Morgan fingerprint density at radius 1 is 1.16 bits per heavy atom. The molecule has 25 heavy (non-hydrogen) atoms. The van der Waals surface area contributed by atoms with Gasteiger partial charge in [-0.3, -0.25) is 9.59 Å². The van der Waals surface area contributed by atoms with Crippen LogP contribution >= 0.6 is 0 Å². The first-order valence-electron chi connectivity index (χ1n) is 8.49. The van der Waals surface area contributed by atoms with Gasteiger partial charge in [-0.1, -0.05) is 13.8 Å². The number of carbonyl (C=O) groups is 2. The van der Waals surface area contributed by atoms with Gasteiger partial charge in [-0.2, -0.15) is 0 Å². The lowest BCUT2D eigenvalue weighted by molar-refractivity contribution is -0.124. The van der Waals surface area contributed by atoms with Crippen molar-refractivity contribution in [1.82, 2.24) is 16.0 Å². The summed E-state index contributed by atoms with van der Waals surface area (Å²) in [5.74, 6) is 0.507. The van der Waals surface area contributed by atoms with Crippen LogP contribution in [-0.4, -0.2) is 51.2 Å². The van der Waals surface area contributed by atoms with Crippen LogP contribution in [0.5, 0.6) is 11.5 Å². The number of carbonyl (C=O) groups excluding carboxylic acids is 2. The average Bonchev–Trinajstić information content (AvgIpc) is 3.11. The Morgan fingerprint density at radius 3 is 2.28 bits per heavy atom. The van der Waals surface area contributed by atoms with Crippen molar-refractivity contribution in [3.05, 3.63) is 23.8 Å². The van der Waals surface area contributed by atoms with Gasteiger partial charge in [0.1, 0.15) is 17.5 Å². The van der Waals surface area contributed by atoms with E-state index in [2.05, 4.69) is 16.0 Å². The molecule has 0 spiro atoms. The molecule has 1 aliphatic heterocycles. The first kappa shape index (κ1) is 19.1. The lowest BCUT2D eigenvalue weighted by Gasteiger charge is -2.23. The highest BCUT2D eigenvalue weighted by atomic mass is 16.5. The minimum Gasteiger partial charge on any atom is -0.497 e. The Balaban J connectivity index is 2.10. The largest absolute Gasteiger partial charge is 0.497 e. The second-order valence-corrected chi connectivity index (χ2v) is 6.49. The van der Waals surface area contributed by atoms with Gasteiger partial charge in [0, 0.05) is 24.2 Å². The number of nitrogens with one attached hydrogen (secondary N) is 3. The molecule has 1 aromatic carbocycles. The number of ether oxygens (including phenoxy) is 2. The summed E-state index contributed by atoms with van der Waals surface area (Å²) in [5, 5.41) is 9.03. The molecule has 0 saturated carbocycles. The SMILES string of the molecule is COc1cc(OC)cc(C(=O)NC(C(=O)NC2CCNC2)C(C)C)c1. The number of methoxy groups -OCH3 is 2. The molecule has 0 aromatic heterocycles. The van der Waals surface area contributed by atoms with E-state index in [1.54, 1.807) is 18.2 Å². The van der Waals surface area contributed by atoms with Crippen molar-refractivity contribution >= 4 is 11.8 Å². The molecule has 2 atom stereocenters. The quantitative estimate of drug-likeness (QED) is 0.682. The summed E-state index contributed by atoms with van der Waals surface area (Å²) >= 11 is 0. The molecule has 138 valence electrons. The summed E-state index contributed by atoms with van der Waals surface area (Å²) in [6.45, 7) is 5.47. The van der Waals surface area contributed by atoms with Gasteiger partial charge in [-0.05, 0) is 31.0 Å². The molecule has 7 heteroatoms. The van der Waals surface area contributed by atoms with Gasteiger partial charge in [0.05, 0.1) is 14.2 Å². The number of amides is 2. The minimum absolute atomic E-state index is 0.0363. The van der Waals surface area contributed by atoms with Crippen LogP contribution in [-0.2, 0) is 4.79 Å². The Morgan fingerprint density at radius 2 is 1.80 bits per heavy atom. The van der Waals surface area contributed by atoms with Gasteiger partial charge in [0.15, 0.2) is 0 Å². The lowest BCUT2D eigenvalue weighted by Crippen LogP contribution is -2.52. The molecule has 1 heterocycles. The van der Waals surface area contributed by atoms with Crippen LogP contribution in [0.3, 0.4) is 0 Å². The highest BCUT2D eigenvalue weighted by Crippen LogP contribution is 2.22. The van der Waals surface area contributed by atoms with Gasteiger partial charge in [0.2, 0.25) is 5.91 Å². The fourth-order valence-electron chi connectivity index (χ4n) is 2.77. The van der Waals surface area contributed by atoms with Crippen molar-refractivity contribution in [2.75, 3.05) is 27.3 Å². The maximum atomic E-state index is 12.6. The van der Waals surface area contributed by atoms with Gasteiger partial charge in [-0.15, -0.1) is 0 Å². The molecule has 1 aromatic rings. The molecule has 2 amide bonds. The highest BCUT2D eigenvalue weighted by molar-refractivity contribution is 5.98. The van der Waals surface area contributed by atoms with Crippen molar-refractivity contribution in [2.45, 2.75) is 32.4 Å². The second-order valence-electron chi connectivity index (χ2n) is 6.49. The van der Waals surface area contributed by atoms with E-state index in [0.717, 1.165) is 19.5 Å². The molecule has 2 rings (SSSR count). The van der Waals surface area contributed by atoms with Crippen molar-refractivity contribution in [2.24, 2.45) is 5.92 Å². The number of benzene rings is 1. The maximum absolute atomic E-state index is 12.6. The summed E-state index contributed by atoms with van der Waals surface area (Å²) in [7, 11) is 3.05. The van der Waals surface area contributed by atoms with E-state index in [-0.39, 0.29) is 23.8 Å². The number of hydrogen-bond acceptors (Lipinski definition) is 5. The maximum Gasteiger partial charge on any atom is 0.252 e. The molecule has 0 radical (unpaired) electrons. The number of rotatable bonds is 7. The Hall–Kier alpha value is -2.28. The van der Waals surface area contributed by atoms with Crippen molar-refractivity contribution in [3.63, 3.8) is 0 Å². The van der Waals surface area contributed by atoms with Crippen LogP contribution in [0.15, 0.2) is 18.2 Å². The van der Waals surface area contributed by atoms with Crippen LogP contribution in [0, 0.1) is 5.92 Å². The highest BCUT2D eigenvalue weighted by Gasteiger charge is 2.27. The predicted octanol–water partition coefficient (Wildman–Crippen LogP) is 0.936. The summed E-state index contributed by atoms with van der Waals surface area (Å²) in [6.07, 6.45) is 0.900. The Labute approximate surface area is 148 Å². The molecular weight excluding hydrogens is 322 g/mol. The van der Waals surface area contributed by atoms with E-state index >= 15 is 0 Å². The first-order chi connectivity index (χ1) is 11.9. The predicted molar refractivity (Wildman–Crippen MR) is 95.1 cm³/mol. The number of hydrogen-bond donors (Lipinski definition) is 3. The zero-order chi connectivity index (χ0) is 18.4. The summed E-state index contributed by atoms with van der Waals surface area (Å²) in [4.78, 5) is 25.2. The molecule has 7 nitrogen and oxygen atoms in total. The van der Waals surface area contributed by atoms with Gasteiger partial charge < -0.3 is 25.4 Å². The topological polar surface area (TPSA) is 88.7 Å². The van der Waals surface area contributed by atoms with E-state index in [9.17, 15) is 9.59 Å². The zero-order valence-electron chi connectivity index (χ0n) is 15.2. The average molecular weight is 349 g/mol. The Bertz CT molecular complexity index is 590. The van der Waals surface area contributed by atoms with E-state index < -0.39 is 6.04 Å². The van der Waals surface area contributed by atoms with Crippen molar-refractivity contribution in [3.8, 4) is 11.5 Å². The third-order valence-corrected chi connectivity index (χ3v) is 4.26. The molecular formula is C18H27N3O4. The normalized spacial score (nSPS) is 17.9. The van der Waals surface area contributed by atoms with Gasteiger partial charge in [-0.25, -0.2) is 0 Å². The third-order valence-electron chi connectivity index (χ3n) is 4.26. The minimum atomic E-state index is -0.606. The lowest BCUT2D eigenvalue weighted by atomic mass is 10.0. The van der Waals surface area contributed by atoms with Crippen molar-refractivity contribution in [1.29, 1.82) is 0 Å². The smallest absolute Gasteiger partial charge is 0.252 e. The van der Waals surface area contributed by atoms with E-state index in [1.807, 2.05) is 13.8 Å². The molecule has 1 fully saturated rings. The molecule has 0 bridgehead atoms. The molecule has 1 aliphatic rings. The molecule has 2 unspecified atom stereocenters. The van der Waals surface area contributed by atoms with E-state index in [0.29, 0.717) is 17.1 Å². The summed E-state index contributed by atoms with van der Waals surface area (Å²) < 4.78 is 10.4. The van der Waals surface area contributed by atoms with Gasteiger partial charge >= 0.3 is 0 Å². The first-order valence-corrected chi connectivity index (χ1v) is 8.49. The summed E-state index contributed by atoms with van der Waals surface area (Å²) in [5.41, 5.74) is 0.386. The van der Waals surface area contributed by atoms with Crippen LogP contribution in [0.4, 0.5) is 0 Å². The monoisotopic (exact) mass is 349 g/mol. The van der Waals surface area contributed by atoms with Crippen LogP contribution in [0.1, 0.15) is 30.6 Å². The zero-order valence-corrected chi connectivity index (χ0v) is 15.2. The van der Waals surface area contributed by atoms with Crippen LogP contribution in [0.25, 0.3) is 0 Å². The van der Waals surface area contributed by atoms with Crippen molar-refractivity contribution < 1.29 is 19.1 Å². The van der Waals surface area contributed by atoms with Gasteiger partial charge in [0.25, 0.3) is 5.91 Å². The standard InChI is InChI=1S/C18H27N3O4/c1-11(2)16(18(23)20-13-5-6-19-10-13)21-17(22)12-7-14(24-3)9-15(8-12)25-4/h7-9,11,13,16,19H,5-6,10H2,1-4H3,(H,20,23)(H,21,22). The molecule has 0 aliphatic carbocycles.